The van der Waals surface area contributed by atoms with E-state index in [9.17, 15) is 43.2 Å². The predicted molar refractivity (Wildman–Crippen MR) is 400 cm³/mol. The van der Waals surface area contributed by atoms with Crippen molar-refractivity contribution < 1.29 is 80.2 Å². The van der Waals surface area contributed by atoms with Crippen molar-refractivity contribution in [3.63, 3.8) is 0 Å². The molecule has 0 heterocycles. The minimum absolute atomic E-state index is 0.106. The molecule has 0 aromatic carbocycles. The van der Waals surface area contributed by atoms with Crippen LogP contribution in [0, 0.1) is 23.7 Å². The summed E-state index contributed by atoms with van der Waals surface area (Å²) in [5.41, 5.74) is 0. The van der Waals surface area contributed by atoms with Gasteiger partial charge in [-0.05, 0) is 49.4 Å². The van der Waals surface area contributed by atoms with Gasteiger partial charge in [0, 0.05) is 25.7 Å². The van der Waals surface area contributed by atoms with E-state index in [1.54, 1.807) is 0 Å². The normalized spacial score (nSPS) is 14.1. The van der Waals surface area contributed by atoms with Crippen LogP contribution in [0.1, 0.15) is 402 Å². The van der Waals surface area contributed by atoms with E-state index in [-0.39, 0.29) is 25.7 Å². The second-order valence-electron chi connectivity index (χ2n) is 30.4. The van der Waals surface area contributed by atoms with E-state index in [2.05, 4.69) is 55.4 Å². The van der Waals surface area contributed by atoms with Gasteiger partial charge in [0.1, 0.15) is 19.3 Å². The number of hydrogen-bond donors (Lipinski definition) is 3. The summed E-state index contributed by atoms with van der Waals surface area (Å²) < 4.78 is 68.6. The number of aliphatic hydroxyl groups is 1. The summed E-state index contributed by atoms with van der Waals surface area (Å²) >= 11 is 0. The lowest BCUT2D eigenvalue weighted by Gasteiger charge is -2.21. The zero-order valence-electron chi connectivity index (χ0n) is 64.4. The van der Waals surface area contributed by atoms with Crippen molar-refractivity contribution in [1.82, 2.24) is 0 Å². The quantitative estimate of drug-likeness (QED) is 0.0222. The third kappa shape index (κ3) is 72.4. The smallest absolute Gasteiger partial charge is 0.462 e. The van der Waals surface area contributed by atoms with E-state index < -0.39 is 97.5 Å². The van der Waals surface area contributed by atoms with Gasteiger partial charge in [0.05, 0.1) is 26.4 Å². The highest BCUT2D eigenvalue weighted by Gasteiger charge is 2.30. The topological polar surface area (TPSA) is 237 Å². The predicted octanol–water partition coefficient (Wildman–Crippen LogP) is 23.2. The average Bonchev–Trinajstić information content (AvgIpc) is 1.08. The molecule has 0 spiro atoms. The van der Waals surface area contributed by atoms with Gasteiger partial charge in [-0.25, -0.2) is 9.13 Å². The number of aliphatic hydroxyl groups excluding tert-OH is 1. The highest BCUT2D eigenvalue weighted by atomic mass is 31.2. The summed E-state index contributed by atoms with van der Waals surface area (Å²) in [5.74, 6) is 0.940. The zero-order chi connectivity index (χ0) is 72.4. The number of carbonyl (C=O) groups excluding carboxylic acids is 4. The molecular formula is C79H154O17P2. The highest BCUT2D eigenvalue weighted by molar-refractivity contribution is 7.47. The molecule has 0 saturated heterocycles. The van der Waals surface area contributed by atoms with Gasteiger partial charge < -0.3 is 33.8 Å². The fourth-order valence-electron chi connectivity index (χ4n) is 12.1. The Morgan fingerprint density at radius 1 is 0.255 bits per heavy atom. The molecule has 3 N–H and O–H groups in total. The maximum absolute atomic E-state index is 13.1. The molecule has 0 aliphatic heterocycles. The van der Waals surface area contributed by atoms with Gasteiger partial charge in [0.25, 0.3) is 0 Å². The van der Waals surface area contributed by atoms with Crippen molar-refractivity contribution in [2.75, 3.05) is 39.6 Å². The van der Waals surface area contributed by atoms with Crippen LogP contribution in [0.3, 0.4) is 0 Å². The summed E-state index contributed by atoms with van der Waals surface area (Å²) in [6.07, 6.45) is 54.2. The first-order chi connectivity index (χ1) is 47.1. The van der Waals surface area contributed by atoms with Gasteiger partial charge in [-0.1, -0.05) is 351 Å². The number of hydrogen-bond acceptors (Lipinski definition) is 15. The lowest BCUT2D eigenvalue weighted by molar-refractivity contribution is -0.161. The second-order valence-corrected chi connectivity index (χ2v) is 33.3. The van der Waals surface area contributed by atoms with Crippen LogP contribution in [-0.4, -0.2) is 96.7 Å². The molecule has 0 saturated carbocycles. The first-order valence-electron chi connectivity index (χ1n) is 40.7. The molecule has 0 rings (SSSR count). The lowest BCUT2D eigenvalue weighted by Crippen LogP contribution is -2.30. The summed E-state index contributed by atoms with van der Waals surface area (Å²) in [5, 5.41) is 10.6. The molecule has 98 heavy (non-hydrogen) atoms. The van der Waals surface area contributed by atoms with E-state index in [0.29, 0.717) is 31.6 Å². The van der Waals surface area contributed by atoms with Gasteiger partial charge in [0.2, 0.25) is 0 Å². The monoisotopic (exact) mass is 1440 g/mol. The SMILES string of the molecule is CC(C)CCCCCCCCCCCCCCCCCCC(=O)O[C@H](COC(=O)CCCCCCCCCC(C)C)COP(=O)(O)OCC(O)COP(=O)(O)OC[C@@H](COC(=O)CCCCCCCCCCCCCCCC(C)C)OC(=O)CCCCCCCCCCCCC(C)C. The molecule has 0 fully saturated rings. The van der Waals surface area contributed by atoms with Crippen LogP contribution < -0.4 is 0 Å². The summed E-state index contributed by atoms with van der Waals surface area (Å²) in [4.78, 5) is 72.9. The Bertz CT molecular complexity index is 1920. The van der Waals surface area contributed by atoms with Crippen molar-refractivity contribution in [3.05, 3.63) is 0 Å². The molecule has 0 aromatic rings. The number of rotatable bonds is 76. The number of esters is 4. The second kappa shape index (κ2) is 68.2. The molecule has 0 bridgehead atoms. The molecule has 0 aliphatic rings. The maximum atomic E-state index is 13.1. The van der Waals surface area contributed by atoms with E-state index >= 15 is 0 Å². The fourth-order valence-corrected chi connectivity index (χ4v) is 13.7. The van der Waals surface area contributed by atoms with Gasteiger partial charge in [-0.2, -0.15) is 0 Å². The molecule has 582 valence electrons. The van der Waals surface area contributed by atoms with Crippen LogP contribution in [0.2, 0.25) is 0 Å². The Morgan fingerprint density at radius 3 is 0.633 bits per heavy atom. The largest absolute Gasteiger partial charge is 0.472 e. The molecular weight excluding hydrogens is 1280 g/mol. The van der Waals surface area contributed by atoms with Crippen LogP contribution in [0.4, 0.5) is 0 Å². The Labute approximate surface area is 600 Å². The number of carbonyl (C=O) groups is 4. The van der Waals surface area contributed by atoms with Crippen molar-refractivity contribution in [2.24, 2.45) is 23.7 Å². The van der Waals surface area contributed by atoms with Gasteiger partial charge in [-0.3, -0.25) is 37.3 Å². The van der Waals surface area contributed by atoms with Crippen molar-refractivity contribution >= 4 is 39.5 Å². The standard InChI is InChI=1S/C79H154O17P2/c1-69(2)55-47-39-31-24-18-14-11-9-10-12-16-21-28-36-45-53-61-78(83)96-75(66-90-77(82)60-52-44-38-30-34-42-50-58-72(7)8)68-94-98(87,88)92-64-73(80)63-91-97(85,86)93-67-74(95-79(84)62-54-46-37-29-23-22-26-33-41-49-57-71(5)6)65-89-76(81)59-51-43-35-27-20-17-13-15-19-25-32-40-48-56-70(3)4/h69-75,80H,9-68H2,1-8H3,(H,85,86)(H,87,88)/t73?,74-,75-/m1/s1. The summed E-state index contributed by atoms with van der Waals surface area (Å²) in [7, 11) is -9.92. The van der Waals surface area contributed by atoms with Gasteiger partial charge >= 0.3 is 39.5 Å². The van der Waals surface area contributed by atoms with E-state index in [4.69, 9.17) is 37.0 Å². The third-order valence-electron chi connectivity index (χ3n) is 18.3. The minimum atomic E-state index is -4.96. The molecule has 17 nitrogen and oxygen atoms in total. The first kappa shape index (κ1) is 96.1. The Hall–Kier alpha value is -1.94. The Morgan fingerprint density at radius 2 is 0.429 bits per heavy atom. The molecule has 5 atom stereocenters. The van der Waals surface area contributed by atoms with Crippen LogP contribution >= 0.6 is 15.6 Å². The van der Waals surface area contributed by atoms with E-state index in [1.165, 1.54) is 199 Å². The molecule has 0 radical (unpaired) electrons. The van der Waals surface area contributed by atoms with Crippen molar-refractivity contribution in [3.8, 4) is 0 Å². The Kier molecular flexibility index (Phi) is 66.8. The van der Waals surface area contributed by atoms with Crippen LogP contribution in [0.5, 0.6) is 0 Å². The fraction of sp³-hybridized carbons (Fsp3) is 0.949. The molecule has 19 heteroatoms. The number of ether oxygens (including phenoxy) is 4. The lowest BCUT2D eigenvalue weighted by atomic mass is 10.0. The van der Waals surface area contributed by atoms with Gasteiger partial charge in [0.15, 0.2) is 12.2 Å². The third-order valence-corrected chi connectivity index (χ3v) is 20.2. The van der Waals surface area contributed by atoms with Crippen LogP contribution in [0.15, 0.2) is 0 Å². The molecule has 0 amide bonds. The zero-order valence-corrected chi connectivity index (χ0v) is 66.2. The molecule has 0 aromatic heterocycles. The molecule has 3 unspecified atom stereocenters. The van der Waals surface area contributed by atoms with Crippen molar-refractivity contribution in [1.29, 1.82) is 0 Å². The highest BCUT2D eigenvalue weighted by Crippen LogP contribution is 2.45. The summed E-state index contributed by atoms with van der Waals surface area (Å²) in [6, 6.07) is 0. The van der Waals surface area contributed by atoms with Gasteiger partial charge in [-0.15, -0.1) is 0 Å². The number of phosphoric acid groups is 2. The maximum Gasteiger partial charge on any atom is 0.472 e. The summed E-state index contributed by atoms with van der Waals surface area (Å²) in [6.45, 7) is 14.2. The minimum Gasteiger partial charge on any atom is -0.462 e. The van der Waals surface area contributed by atoms with E-state index in [1.807, 2.05) is 0 Å². The van der Waals surface area contributed by atoms with Crippen molar-refractivity contribution in [2.45, 2.75) is 420 Å². The van der Waals surface area contributed by atoms with Crippen LogP contribution in [0.25, 0.3) is 0 Å². The van der Waals surface area contributed by atoms with E-state index in [0.717, 1.165) is 114 Å². The average molecular weight is 1440 g/mol. The Balaban J connectivity index is 5.22. The number of phosphoric ester groups is 2. The molecule has 0 aliphatic carbocycles. The first-order valence-corrected chi connectivity index (χ1v) is 43.7. The number of unbranched alkanes of at least 4 members (excludes halogenated alkanes) is 42. The van der Waals surface area contributed by atoms with Crippen LogP contribution in [-0.2, 0) is 65.4 Å².